The average molecular weight is 383 g/mol. The Morgan fingerprint density at radius 2 is 1.54 bits per heavy atom. The Morgan fingerprint density at radius 1 is 0.893 bits per heavy atom. The molecule has 0 spiro atoms. The predicted octanol–water partition coefficient (Wildman–Crippen LogP) is 1.37. The molecule has 0 aliphatic carbocycles. The van der Waals surface area contributed by atoms with Gasteiger partial charge in [-0.15, -0.1) is 0 Å². The molecule has 3 heterocycles. The number of aryl methyl sites for hydroxylation is 1. The lowest BCUT2D eigenvalue weighted by Crippen LogP contribution is -2.52. The van der Waals surface area contributed by atoms with E-state index >= 15 is 0 Å². The number of carbonyl (C=O) groups is 2. The lowest BCUT2D eigenvalue weighted by atomic mass is 10.3. The molecule has 2 aromatic rings. The molecule has 7 nitrogen and oxygen atoms in total. The summed E-state index contributed by atoms with van der Waals surface area (Å²) in [5.41, 5.74) is 1.96. The number of benzene rings is 1. The summed E-state index contributed by atoms with van der Waals surface area (Å²) in [6.45, 7) is 7.56. The first-order valence-electron chi connectivity index (χ1n) is 10.4. The van der Waals surface area contributed by atoms with E-state index in [1.54, 1.807) is 0 Å². The fourth-order valence-electron chi connectivity index (χ4n) is 4.22. The van der Waals surface area contributed by atoms with Gasteiger partial charge in [0.2, 0.25) is 11.8 Å². The molecule has 0 atom stereocenters. The quantitative estimate of drug-likeness (QED) is 0.782. The normalized spacial score (nSPS) is 18.2. The second-order valence-electron chi connectivity index (χ2n) is 7.70. The molecular weight excluding hydrogens is 354 g/mol. The molecule has 0 bridgehead atoms. The van der Waals surface area contributed by atoms with Gasteiger partial charge in [-0.05, 0) is 25.0 Å². The second-order valence-corrected chi connectivity index (χ2v) is 7.70. The first kappa shape index (κ1) is 18.9. The molecule has 1 aromatic carbocycles. The Balaban J connectivity index is 1.34. The molecule has 4 rings (SSSR count). The van der Waals surface area contributed by atoms with Gasteiger partial charge in [0.25, 0.3) is 0 Å². The predicted molar refractivity (Wildman–Crippen MR) is 108 cm³/mol. The topological polar surface area (TPSA) is 61.7 Å². The van der Waals surface area contributed by atoms with Gasteiger partial charge in [-0.3, -0.25) is 14.5 Å². The van der Waals surface area contributed by atoms with Gasteiger partial charge >= 0.3 is 0 Å². The number of hydrogen-bond acceptors (Lipinski definition) is 4. The van der Waals surface area contributed by atoms with Gasteiger partial charge in [0.05, 0.1) is 17.6 Å². The van der Waals surface area contributed by atoms with Gasteiger partial charge in [0, 0.05) is 45.7 Å². The summed E-state index contributed by atoms with van der Waals surface area (Å²) in [7, 11) is 0. The zero-order valence-electron chi connectivity index (χ0n) is 16.6. The van der Waals surface area contributed by atoms with Crippen LogP contribution in [0.25, 0.3) is 11.0 Å². The summed E-state index contributed by atoms with van der Waals surface area (Å²) in [5.74, 6) is 1.31. The first-order valence-corrected chi connectivity index (χ1v) is 10.4. The second kappa shape index (κ2) is 8.31. The van der Waals surface area contributed by atoms with E-state index in [2.05, 4.69) is 16.8 Å². The summed E-state index contributed by atoms with van der Waals surface area (Å²) >= 11 is 0. The van der Waals surface area contributed by atoms with Crippen LogP contribution in [0.1, 0.15) is 25.6 Å². The Kier molecular flexibility index (Phi) is 5.62. The Labute approximate surface area is 165 Å². The van der Waals surface area contributed by atoms with Crippen molar-refractivity contribution in [3.8, 4) is 0 Å². The van der Waals surface area contributed by atoms with Crippen LogP contribution in [0.15, 0.2) is 24.3 Å². The van der Waals surface area contributed by atoms with Gasteiger partial charge in [0.1, 0.15) is 12.4 Å². The third kappa shape index (κ3) is 3.90. The van der Waals surface area contributed by atoms with Crippen molar-refractivity contribution in [2.75, 3.05) is 45.8 Å². The number of amides is 2. The van der Waals surface area contributed by atoms with Crippen LogP contribution in [0.2, 0.25) is 0 Å². The Bertz CT molecular complexity index is 848. The van der Waals surface area contributed by atoms with Crippen molar-refractivity contribution < 1.29 is 9.59 Å². The standard InChI is InChI=1S/C21H29N5O2/c1-2-19-22-17-7-3-4-8-18(17)26(19)16-21(28)25-13-11-23(12-14-25)15-20(27)24-9-5-6-10-24/h3-4,7-8H,2,5-6,9-16H2,1H3. The number of piperazine rings is 1. The molecule has 150 valence electrons. The van der Waals surface area contributed by atoms with E-state index in [-0.39, 0.29) is 11.8 Å². The number of likely N-dealkylation sites (tertiary alicyclic amines) is 1. The van der Waals surface area contributed by atoms with Gasteiger partial charge in [-0.2, -0.15) is 0 Å². The van der Waals surface area contributed by atoms with Crippen molar-refractivity contribution in [1.82, 2.24) is 24.3 Å². The highest BCUT2D eigenvalue weighted by Gasteiger charge is 2.26. The number of nitrogens with zero attached hydrogens (tertiary/aromatic N) is 5. The lowest BCUT2D eigenvalue weighted by molar-refractivity contribution is -0.135. The third-order valence-corrected chi connectivity index (χ3v) is 5.89. The van der Waals surface area contributed by atoms with Crippen LogP contribution in [-0.2, 0) is 22.6 Å². The van der Waals surface area contributed by atoms with Gasteiger partial charge < -0.3 is 14.4 Å². The van der Waals surface area contributed by atoms with Crippen molar-refractivity contribution in [2.24, 2.45) is 0 Å². The van der Waals surface area contributed by atoms with E-state index < -0.39 is 0 Å². The molecule has 2 aliphatic rings. The maximum atomic E-state index is 12.9. The lowest BCUT2D eigenvalue weighted by Gasteiger charge is -2.35. The Morgan fingerprint density at radius 3 is 2.25 bits per heavy atom. The SMILES string of the molecule is CCc1nc2ccccc2n1CC(=O)N1CCN(CC(=O)N2CCCC2)CC1. The molecule has 0 saturated carbocycles. The minimum atomic E-state index is 0.128. The number of imidazole rings is 1. The van der Waals surface area contributed by atoms with Crippen molar-refractivity contribution in [3.63, 3.8) is 0 Å². The molecule has 2 saturated heterocycles. The molecule has 0 unspecified atom stereocenters. The monoisotopic (exact) mass is 383 g/mol. The van der Waals surface area contributed by atoms with Gasteiger partial charge in [0.15, 0.2) is 0 Å². The fraction of sp³-hybridized carbons (Fsp3) is 0.571. The van der Waals surface area contributed by atoms with E-state index in [0.717, 1.165) is 62.3 Å². The van der Waals surface area contributed by atoms with Crippen molar-refractivity contribution in [3.05, 3.63) is 30.1 Å². The van der Waals surface area contributed by atoms with Crippen LogP contribution in [0.3, 0.4) is 0 Å². The van der Waals surface area contributed by atoms with Crippen molar-refractivity contribution in [2.45, 2.75) is 32.7 Å². The van der Waals surface area contributed by atoms with Crippen LogP contribution < -0.4 is 0 Å². The van der Waals surface area contributed by atoms with Crippen molar-refractivity contribution >= 4 is 22.8 Å². The van der Waals surface area contributed by atoms with Crippen LogP contribution in [0, 0.1) is 0 Å². The highest BCUT2D eigenvalue weighted by atomic mass is 16.2. The molecule has 2 fully saturated rings. The molecular formula is C21H29N5O2. The first-order chi connectivity index (χ1) is 13.7. The maximum Gasteiger partial charge on any atom is 0.242 e. The van der Waals surface area contributed by atoms with Crippen LogP contribution in [0.4, 0.5) is 0 Å². The number of aromatic nitrogens is 2. The van der Waals surface area contributed by atoms with Gasteiger partial charge in [-0.1, -0.05) is 19.1 Å². The zero-order chi connectivity index (χ0) is 19.5. The van der Waals surface area contributed by atoms with E-state index in [4.69, 9.17) is 0 Å². The van der Waals surface area contributed by atoms with Crippen LogP contribution in [-0.4, -0.2) is 81.9 Å². The Hall–Kier alpha value is -2.41. The third-order valence-electron chi connectivity index (χ3n) is 5.89. The number of fused-ring (bicyclic) bond motifs is 1. The molecule has 1 aromatic heterocycles. The minimum Gasteiger partial charge on any atom is -0.342 e. The maximum absolute atomic E-state index is 12.9. The highest BCUT2D eigenvalue weighted by Crippen LogP contribution is 2.17. The molecule has 28 heavy (non-hydrogen) atoms. The summed E-state index contributed by atoms with van der Waals surface area (Å²) in [6, 6.07) is 7.98. The molecule has 2 amide bonds. The molecule has 0 radical (unpaired) electrons. The number of para-hydroxylation sites is 2. The van der Waals surface area contributed by atoms with Crippen molar-refractivity contribution in [1.29, 1.82) is 0 Å². The van der Waals surface area contributed by atoms with Crippen LogP contribution in [0.5, 0.6) is 0 Å². The van der Waals surface area contributed by atoms with E-state index in [1.807, 2.05) is 38.6 Å². The average Bonchev–Trinajstić information content (AvgIpc) is 3.37. The van der Waals surface area contributed by atoms with Crippen LogP contribution >= 0.6 is 0 Å². The van der Waals surface area contributed by atoms with Gasteiger partial charge in [-0.25, -0.2) is 4.98 Å². The zero-order valence-corrected chi connectivity index (χ0v) is 16.6. The summed E-state index contributed by atoms with van der Waals surface area (Å²) in [5, 5.41) is 0. The number of rotatable bonds is 5. The highest BCUT2D eigenvalue weighted by molar-refractivity contribution is 5.81. The minimum absolute atomic E-state index is 0.128. The number of carbonyl (C=O) groups excluding carboxylic acids is 2. The summed E-state index contributed by atoms with van der Waals surface area (Å²) in [6.07, 6.45) is 3.04. The van der Waals surface area contributed by atoms with E-state index in [9.17, 15) is 9.59 Å². The largest absolute Gasteiger partial charge is 0.342 e. The molecule has 0 N–H and O–H groups in total. The molecule has 7 heteroatoms. The molecule has 2 aliphatic heterocycles. The van der Waals surface area contributed by atoms with E-state index in [0.29, 0.717) is 26.2 Å². The summed E-state index contributed by atoms with van der Waals surface area (Å²) in [4.78, 5) is 35.9. The summed E-state index contributed by atoms with van der Waals surface area (Å²) < 4.78 is 2.04. The smallest absolute Gasteiger partial charge is 0.242 e. The van der Waals surface area contributed by atoms with E-state index in [1.165, 1.54) is 0 Å². The fourth-order valence-corrected chi connectivity index (χ4v) is 4.22. The number of hydrogen-bond donors (Lipinski definition) is 0.